The van der Waals surface area contributed by atoms with E-state index < -0.39 is 0 Å². The first-order valence-corrected chi connectivity index (χ1v) is 7.13. The molecule has 2 rings (SSSR count). The van der Waals surface area contributed by atoms with Crippen LogP contribution in [0.2, 0.25) is 5.02 Å². The third-order valence-electron chi connectivity index (χ3n) is 3.01. The molecule has 1 aromatic carbocycles. The van der Waals surface area contributed by atoms with Crippen molar-refractivity contribution in [1.29, 1.82) is 0 Å². The first kappa shape index (κ1) is 14.8. The highest BCUT2D eigenvalue weighted by molar-refractivity contribution is 6.31. The molecule has 4 heteroatoms. The molecule has 20 heavy (non-hydrogen) atoms. The molecule has 1 N–H and O–H groups in total. The lowest BCUT2D eigenvalue weighted by atomic mass is 10.1. The summed E-state index contributed by atoms with van der Waals surface area (Å²) >= 11 is 5.89. The van der Waals surface area contributed by atoms with E-state index in [1.54, 1.807) is 12.1 Å². The minimum atomic E-state index is -0.202. The topological polar surface area (TPSA) is 42.4 Å². The zero-order valence-electron chi connectivity index (χ0n) is 11.5. The van der Waals surface area contributed by atoms with Crippen LogP contribution in [0.1, 0.15) is 31.0 Å². The van der Waals surface area contributed by atoms with Gasteiger partial charge in [0, 0.05) is 6.07 Å². The van der Waals surface area contributed by atoms with Crippen molar-refractivity contribution in [1.82, 2.24) is 4.98 Å². The maximum absolute atomic E-state index is 9.13. The Hall–Kier alpha value is -1.58. The summed E-state index contributed by atoms with van der Waals surface area (Å²) in [4.78, 5) is 4.15. The van der Waals surface area contributed by atoms with Crippen molar-refractivity contribution in [2.24, 2.45) is 0 Å². The van der Waals surface area contributed by atoms with Gasteiger partial charge in [-0.15, -0.1) is 0 Å². The number of aliphatic hydroxyl groups is 1. The fourth-order valence-electron chi connectivity index (χ4n) is 1.86. The molecule has 0 aliphatic carbocycles. The van der Waals surface area contributed by atoms with Crippen LogP contribution in [0.15, 0.2) is 36.4 Å². The Labute approximate surface area is 124 Å². The molecule has 0 fully saturated rings. The second kappa shape index (κ2) is 7.27. The molecule has 2 aromatic rings. The van der Waals surface area contributed by atoms with E-state index in [0.717, 1.165) is 12.2 Å². The summed E-state index contributed by atoms with van der Waals surface area (Å²) in [6.45, 7) is 1.98. The smallest absolute Gasteiger partial charge is 0.219 e. The molecule has 0 atom stereocenters. The number of aryl methyl sites for hydroxylation is 1. The minimum Gasteiger partial charge on any atom is -0.439 e. The molecule has 0 radical (unpaired) electrons. The van der Waals surface area contributed by atoms with E-state index in [2.05, 4.69) is 24.0 Å². The van der Waals surface area contributed by atoms with Crippen molar-refractivity contribution in [3.05, 3.63) is 52.7 Å². The van der Waals surface area contributed by atoms with Gasteiger partial charge in [-0.3, -0.25) is 0 Å². The Morgan fingerprint density at radius 1 is 1.15 bits per heavy atom. The molecule has 106 valence electrons. The molecule has 0 unspecified atom stereocenters. The van der Waals surface area contributed by atoms with Crippen molar-refractivity contribution in [2.45, 2.75) is 32.8 Å². The van der Waals surface area contributed by atoms with Gasteiger partial charge >= 0.3 is 0 Å². The van der Waals surface area contributed by atoms with E-state index >= 15 is 0 Å². The van der Waals surface area contributed by atoms with E-state index in [4.69, 9.17) is 21.4 Å². The highest BCUT2D eigenvalue weighted by atomic mass is 35.5. The van der Waals surface area contributed by atoms with Gasteiger partial charge in [0.05, 0.1) is 17.3 Å². The van der Waals surface area contributed by atoms with E-state index in [1.807, 2.05) is 12.1 Å². The molecular weight excluding hydrogens is 274 g/mol. The summed E-state index contributed by atoms with van der Waals surface area (Å²) in [5.74, 6) is 1.16. The number of nitrogens with zero attached hydrogens (tertiary/aromatic N) is 1. The fourth-order valence-corrected chi connectivity index (χ4v) is 2.02. The van der Waals surface area contributed by atoms with Gasteiger partial charge in [-0.05, 0) is 36.6 Å². The van der Waals surface area contributed by atoms with E-state index in [-0.39, 0.29) is 6.61 Å². The molecule has 3 nitrogen and oxygen atoms in total. The quantitative estimate of drug-likeness (QED) is 0.860. The monoisotopic (exact) mass is 291 g/mol. The lowest BCUT2D eigenvalue weighted by Gasteiger charge is -2.08. The largest absolute Gasteiger partial charge is 0.439 e. The molecular formula is C16H18ClNO2. The Bertz CT molecular complexity index is 555. The van der Waals surface area contributed by atoms with Crippen LogP contribution in [0, 0.1) is 0 Å². The van der Waals surface area contributed by atoms with Crippen molar-refractivity contribution in [2.75, 3.05) is 0 Å². The summed E-state index contributed by atoms with van der Waals surface area (Å²) in [7, 11) is 0. The average Bonchev–Trinajstić information content (AvgIpc) is 2.48. The summed E-state index contributed by atoms with van der Waals surface area (Å²) < 4.78 is 5.65. The lowest BCUT2D eigenvalue weighted by Crippen LogP contribution is -1.94. The predicted molar refractivity (Wildman–Crippen MR) is 80.3 cm³/mol. The van der Waals surface area contributed by atoms with Gasteiger partial charge in [0.1, 0.15) is 5.75 Å². The number of benzene rings is 1. The summed E-state index contributed by atoms with van der Waals surface area (Å²) in [6.07, 6.45) is 3.47. The number of hydrogen-bond acceptors (Lipinski definition) is 3. The Morgan fingerprint density at radius 3 is 2.55 bits per heavy atom. The second-order valence-electron chi connectivity index (χ2n) is 4.59. The number of halogens is 1. The molecule has 0 amide bonds. The molecule has 0 saturated carbocycles. The van der Waals surface area contributed by atoms with Gasteiger partial charge in [-0.1, -0.05) is 37.1 Å². The third kappa shape index (κ3) is 3.95. The van der Waals surface area contributed by atoms with Crippen LogP contribution in [0.3, 0.4) is 0 Å². The van der Waals surface area contributed by atoms with Gasteiger partial charge < -0.3 is 9.84 Å². The number of hydrogen-bond donors (Lipinski definition) is 1. The minimum absolute atomic E-state index is 0.202. The molecule has 0 aliphatic rings. The van der Waals surface area contributed by atoms with Gasteiger partial charge in [0.25, 0.3) is 0 Å². The van der Waals surface area contributed by atoms with Crippen LogP contribution in [-0.4, -0.2) is 10.1 Å². The zero-order valence-corrected chi connectivity index (χ0v) is 12.2. The number of ether oxygens (including phenoxy) is 1. The molecule has 1 aromatic heterocycles. The van der Waals surface area contributed by atoms with Crippen molar-refractivity contribution >= 4 is 11.6 Å². The Morgan fingerprint density at radius 2 is 1.90 bits per heavy atom. The summed E-state index contributed by atoms with van der Waals surface area (Å²) in [5.41, 5.74) is 1.73. The van der Waals surface area contributed by atoms with Gasteiger partial charge in [0.15, 0.2) is 0 Å². The molecule has 0 aliphatic heterocycles. The predicted octanol–water partition coefficient (Wildman–Crippen LogP) is 4.36. The van der Waals surface area contributed by atoms with Crippen LogP contribution in [0.4, 0.5) is 0 Å². The van der Waals surface area contributed by atoms with Crippen molar-refractivity contribution in [3.63, 3.8) is 0 Å². The van der Waals surface area contributed by atoms with Gasteiger partial charge in [0.2, 0.25) is 5.88 Å². The zero-order chi connectivity index (χ0) is 14.4. The Balaban J connectivity index is 2.06. The van der Waals surface area contributed by atoms with E-state index in [9.17, 15) is 0 Å². The van der Waals surface area contributed by atoms with E-state index in [1.165, 1.54) is 18.4 Å². The fraction of sp³-hybridized carbons (Fsp3) is 0.312. The van der Waals surface area contributed by atoms with Crippen molar-refractivity contribution in [3.8, 4) is 11.6 Å². The number of unbranched alkanes of at least 4 members (excludes halogenated alkanes) is 1. The normalized spacial score (nSPS) is 10.6. The number of aromatic nitrogens is 1. The summed E-state index contributed by atoms with van der Waals surface area (Å²) in [5, 5.41) is 9.56. The number of pyridine rings is 1. The first-order valence-electron chi connectivity index (χ1n) is 6.76. The standard InChI is InChI=1S/C16H18ClNO2/c1-2-3-4-12-5-7-13(8-6-12)20-16-10-9-14(17)15(11-19)18-16/h5-10,19H,2-4,11H2,1H3. The first-order chi connectivity index (χ1) is 9.72. The van der Waals surface area contributed by atoms with Gasteiger partial charge in [-0.2, -0.15) is 0 Å². The lowest BCUT2D eigenvalue weighted by molar-refractivity contribution is 0.275. The van der Waals surface area contributed by atoms with Gasteiger partial charge in [-0.25, -0.2) is 4.98 Å². The van der Waals surface area contributed by atoms with Crippen LogP contribution >= 0.6 is 11.6 Å². The van der Waals surface area contributed by atoms with Crippen LogP contribution in [-0.2, 0) is 13.0 Å². The van der Waals surface area contributed by atoms with Crippen molar-refractivity contribution < 1.29 is 9.84 Å². The maximum Gasteiger partial charge on any atom is 0.219 e. The SMILES string of the molecule is CCCCc1ccc(Oc2ccc(Cl)c(CO)n2)cc1. The summed E-state index contributed by atoms with van der Waals surface area (Å²) in [6, 6.07) is 11.3. The van der Waals surface area contributed by atoms with Crippen LogP contribution < -0.4 is 4.74 Å². The average molecular weight is 292 g/mol. The number of rotatable bonds is 6. The third-order valence-corrected chi connectivity index (χ3v) is 3.35. The van der Waals surface area contributed by atoms with Crippen LogP contribution in [0.5, 0.6) is 11.6 Å². The second-order valence-corrected chi connectivity index (χ2v) is 4.99. The molecule has 0 spiro atoms. The van der Waals surface area contributed by atoms with Crippen LogP contribution in [0.25, 0.3) is 0 Å². The molecule has 0 saturated heterocycles. The maximum atomic E-state index is 9.13. The Kier molecular flexibility index (Phi) is 5.39. The molecule has 1 heterocycles. The van der Waals surface area contributed by atoms with E-state index in [0.29, 0.717) is 16.6 Å². The molecule has 0 bridgehead atoms. The highest BCUT2D eigenvalue weighted by Gasteiger charge is 2.05. The highest BCUT2D eigenvalue weighted by Crippen LogP contribution is 2.23. The number of aliphatic hydroxyl groups excluding tert-OH is 1.